The summed E-state index contributed by atoms with van der Waals surface area (Å²) in [5.41, 5.74) is 1.30. The number of nitriles is 1. The second-order valence-electron chi connectivity index (χ2n) is 5.00. The van der Waals surface area contributed by atoms with Gasteiger partial charge in [0.15, 0.2) is 11.5 Å². The summed E-state index contributed by atoms with van der Waals surface area (Å²) in [5, 5.41) is 20.4. The molecule has 0 aliphatic rings. The maximum absolute atomic E-state index is 10.9. The van der Waals surface area contributed by atoms with E-state index in [0.717, 1.165) is 0 Å². The van der Waals surface area contributed by atoms with Gasteiger partial charge in [-0.25, -0.2) is 0 Å². The van der Waals surface area contributed by atoms with Crippen molar-refractivity contribution in [1.82, 2.24) is 0 Å². The molecule has 0 N–H and O–H groups in total. The molecular weight excluding hydrogens is 400 g/mol. The zero-order valence-electron chi connectivity index (χ0n) is 13.7. The smallest absolute Gasteiger partial charge is 0.270 e. The van der Waals surface area contributed by atoms with Crippen molar-refractivity contribution < 1.29 is 14.4 Å². The highest BCUT2D eigenvalue weighted by Gasteiger charge is 2.13. The number of halogens is 1. The minimum absolute atomic E-state index is 0.0829. The highest BCUT2D eigenvalue weighted by Crippen LogP contribution is 2.37. The van der Waals surface area contributed by atoms with Gasteiger partial charge in [0, 0.05) is 12.1 Å². The number of non-ortho nitro benzene ring substituents is 1. The molecule has 0 saturated heterocycles. The lowest BCUT2D eigenvalue weighted by Gasteiger charge is -2.12. The van der Waals surface area contributed by atoms with Crippen molar-refractivity contribution in [3.8, 4) is 29.9 Å². The highest BCUT2D eigenvalue weighted by atomic mass is 79.9. The fourth-order valence-electron chi connectivity index (χ4n) is 2.21. The maximum Gasteiger partial charge on any atom is 0.270 e. The van der Waals surface area contributed by atoms with Crippen LogP contribution in [0.2, 0.25) is 0 Å². The zero-order valence-corrected chi connectivity index (χ0v) is 15.3. The van der Waals surface area contributed by atoms with Crippen molar-refractivity contribution in [3.63, 3.8) is 0 Å². The average molecular weight is 413 g/mol. The molecule has 0 amide bonds. The molecule has 7 heteroatoms. The number of ether oxygens (including phenoxy) is 2. The first-order valence-corrected chi connectivity index (χ1v) is 8.10. The Bertz CT molecular complexity index is 955. The number of nitro benzene ring substituents is 1. The van der Waals surface area contributed by atoms with Crippen LogP contribution in [0, 0.1) is 33.8 Å². The van der Waals surface area contributed by atoms with Crippen LogP contribution in [-0.2, 0) is 0 Å². The third kappa shape index (κ3) is 4.41. The van der Waals surface area contributed by atoms with E-state index in [2.05, 4.69) is 27.9 Å². The van der Waals surface area contributed by atoms with Gasteiger partial charge in [-0.05, 0) is 45.3 Å². The zero-order chi connectivity index (χ0) is 19.1. The van der Waals surface area contributed by atoms with Crippen LogP contribution in [0.1, 0.15) is 11.1 Å². The van der Waals surface area contributed by atoms with Gasteiger partial charge >= 0.3 is 0 Å². The molecule has 0 heterocycles. The van der Waals surface area contributed by atoms with E-state index in [0.29, 0.717) is 27.1 Å². The van der Waals surface area contributed by atoms with Crippen molar-refractivity contribution in [2.24, 2.45) is 0 Å². The van der Waals surface area contributed by atoms with Crippen LogP contribution < -0.4 is 9.47 Å². The molecule has 0 aliphatic heterocycles. The molecular formula is C19H13BrN2O4. The van der Waals surface area contributed by atoms with Crippen LogP contribution in [0.4, 0.5) is 5.69 Å². The van der Waals surface area contributed by atoms with Crippen LogP contribution in [-0.4, -0.2) is 18.6 Å². The summed E-state index contributed by atoms with van der Waals surface area (Å²) in [7, 11) is 1.49. The van der Waals surface area contributed by atoms with Crippen LogP contribution >= 0.6 is 15.9 Å². The van der Waals surface area contributed by atoms with Gasteiger partial charge in [0.2, 0.25) is 0 Å². The van der Waals surface area contributed by atoms with Crippen molar-refractivity contribution in [2.45, 2.75) is 0 Å². The SMILES string of the molecule is C#CCOc1c(Br)cc(/C=C(/C#N)c2cccc([N+](=O)[O-])c2)cc1OC. The fraction of sp³-hybridized carbons (Fsp3) is 0.105. The topological polar surface area (TPSA) is 85.4 Å². The van der Waals surface area contributed by atoms with Gasteiger partial charge in [0.1, 0.15) is 6.61 Å². The van der Waals surface area contributed by atoms with Gasteiger partial charge in [0.25, 0.3) is 5.69 Å². The van der Waals surface area contributed by atoms with Crippen molar-refractivity contribution in [1.29, 1.82) is 5.26 Å². The minimum atomic E-state index is -0.504. The third-order valence-electron chi connectivity index (χ3n) is 3.35. The number of benzene rings is 2. The maximum atomic E-state index is 10.9. The average Bonchev–Trinajstić information content (AvgIpc) is 2.64. The molecule has 6 nitrogen and oxygen atoms in total. The molecule has 2 aromatic carbocycles. The molecule has 0 atom stereocenters. The van der Waals surface area contributed by atoms with Crippen molar-refractivity contribution in [3.05, 3.63) is 62.1 Å². The number of terminal acetylenes is 1. The minimum Gasteiger partial charge on any atom is -0.493 e. The molecule has 2 rings (SSSR count). The molecule has 0 radical (unpaired) electrons. The Morgan fingerprint density at radius 1 is 1.42 bits per heavy atom. The summed E-state index contributed by atoms with van der Waals surface area (Å²) in [4.78, 5) is 10.4. The highest BCUT2D eigenvalue weighted by molar-refractivity contribution is 9.10. The molecule has 0 saturated carbocycles. The number of methoxy groups -OCH3 is 1. The number of nitro groups is 1. The molecule has 0 spiro atoms. The van der Waals surface area contributed by atoms with E-state index in [1.165, 1.54) is 25.3 Å². The van der Waals surface area contributed by atoms with Gasteiger partial charge in [-0.15, -0.1) is 6.42 Å². The van der Waals surface area contributed by atoms with Crippen LogP contribution in [0.15, 0.2) is 40.9 Å². The normalized spacial score (nSPS) is 10.5. The standard InChI is InChI=1S/C19H13BrN2O4/c1-3-7-26-19-17(20)9-13(10-18(19)25-2)8-15(12-21)14-5-4-6-16(11-14)22(23)24/h1,4-6,8-11H,7H2,2H3/b15-8-. The summed E-state index contributed by atoms with van der Waals surface area (Å²) in [6.45, 7) is 0.0846. The van der Waals surface area contributed by atoms with Crippen LogP contribution in [0.3, 0.4) is 0 Å². The number of hydrogen-bond acceptors (Lipinski definition) is 5. The Hall–Kier alpha value is -3.29. The predicted molar refractivity (Wildman–Crippen MR) is 102 cm³/mol. The van der Waals surface area contributed by atoms with Gasteiger partial charge in [-0.2, -0.15) is 5.26 Å². The van der Waals surface area contributed by atoms with E-state index in [-0.39, 0.29) is 17.9 Å². The lowest BCUT2D eigenvalue weighted by atomic mass is 10.0. The molecule has 26 heavy (non-hydrogen) atoms. The van der Waals surface area contributed by atoms with E-state index < -0.39 is 4.92 Å². The summed E-state index contributed by atoms with van der Waals surface area (Å²) in [6, 6.07) is 11.4. The molecule has 2 aromatic rings. The lowest BCUT2D eigenvalue weighted by Crippen LogP contribution is -1.98. The Labute approximate surface area is 158 Å². The summed E-state index contributed by atoms with van der Waals surface area (Å²) < 4.78 is 11.4. The number of rotatable bonds is 6. The second kappa shape index (κ2) is 8.70. The van der Waals surface area contributed by atoms with E-state index in [9.17, 15) is 15.4 Å². The number of hydrogen-bond donors (Lipinski definition) is 0. The largest absolute Gasteiger partial charge is 0.493 e. The molecule has 130 valence electrons. The number of allylic oxidation sites excluding steroid dienone is 1. The summed E-state index contributed by atoms with van der Waals surface area (Å²) in [6.07, 6.45) is 6.81. The molecule has 0 fully saturated rings. The van der Waals surface area contributed by atoms with Crippen molar-refractivity contribution >= 4 is 33.3 Å². The summed E-state index contributed by atoms with van der Waals surface area (Å²) >= 11 is 3.39. The first-order valence-electron chi connectivity index (χ1n) is 7.30. The Kier molecular flexibility index (Phi) is 6.37. The molecule has 0 aliphatic carbocycles. The molecule has 0 unspecified atom stereocenters. The van der Waals surface area contributed by atoms with E-state index in [4.69, 9.17) is 15.9 Å². The molecule has 0 aromatic heterocycles. The van der Waals surface area contributed by atoms with E-state index >= 15 is 0 Å². The molecule has 0 bridgehead atoms. The van der Waals surface area contributed by atoms with Gasteiger partial charge < -0.3 is 9.47 Å². The van der Waals surface area contributed by atoms with Gasteiger partial charge in [0.05, 0.1) is 28.1 Å². The first-order chi connectivity index (χ1) is 12.5. The van der Waals surface area contributed by atoms with Gasteiger partial charge in [-0.1, -0.05) is 18.1 Å². The first kappa shape index (κ1) is 19.0. The quantitative estimate of drug-likeness (QED) is 0.230. The van der Waals surface area contributed by atoms with Crippen molar-refractivity contribution in [2.75, 3.05) is 13.7 Å². The predicted octanol–water partition coefficient (Wildman–Crippen LogP) is 4.44. The lowest BCUT2D eigenvalue weighted by molar-refractivity contribution is -0.384. The van der Waals surface area contributed by atoms with Crippen LogP contribution in [0.5, 0.6) is 11.5 Å². The summed E-state index contributed by atoms with van der Waals surface area (Å²) in [5.74, 6) is 3.27. The third-order valence-corrected chi connectivity index (χ3v) is 3.94. The van der Waals surface area contributed by atoms with E-state index in [1.54, 1.807) is 24.3 Å². The Morgan fingerprint density at radius 3 is 2.81 bits per heavy atom. The fourth-order valence-corrected chi connectivity index (χ4v) is 2.79. The van der Waals surface area contributed by atoms with E-state index in [1.807, 2.05) is 0 Å². The second-order valence-corrected chi connectivity index (χ2v) is 5.86. The Balaban J connectivity index is 2.48. The monoisotopic (exact) mass is 412 g/mol. The van der Waals surface area contributed by atoms with Crippen LogP contribution in [0.25, 0.3) is 11.6 Å². The number of nitrogens with zero attached hydrogens (tertiary/aromatic N) is 2. The Morgan fingerprint density at radius 2 is 2.19 bits per heavy atom. The van der Waals surface area contributed by atoms with Gasteiger partial charge in [-0.3, -0.25) is 10.1 Å².